The minimum absolute atomic E-state index is 0.00183. The molecule has 0 aliphatic rings. The second-order valence-corrected chi connectivity index (χ2v) is 22.8. The van der Waals surface area contributed by atoms with Gasteiger partial charge >= 0.3 is 5.97 Å². The third-order valence-electron chi connectivity index (χ3n) is 15.4. The van der Waals surface area contributed by atoms with Crippen LogP contribution in [0.2, 0.25) is 0 Å². The molecule has 74 heavy (non-hydrogen) atoms. The quantitative estimate of drug-likeness (QED) is 0.0320. The largest absolute Gasteiger partial charge is 0.466 e. The van der Waals surface area contributed by atoms with E-state index in [1.807, 2.05) is 0 Å². The predicted octanol–water partition coefficient (Wildman–Crippen LogP) is 21.1. The van der Waals surface area contributed by atoms with Crippen LogP contribution in [0.25, 0.3) is 0 Å². The van der Waals surface area contributed by atoms with Crippen LogP contribution in [-0.4, -0.2) is 47.4 Å². The molecule has 0 radical (unpaired) electrons. The molecule has 2 atom stereocenters. The minimum atomic E-state index is -0.664. The van der Waals surface area contributed by atoms with E-state index in [2.05, 4.69) is 55.6 Å². The van der Waals surface area contributed by atoms with Crippen LogP contribution >= 0.6 is 0 Å². The fourth-order valence-corrected chi connectivity index (χ4v) is 10.3. The molecule has 3 N–H and O–H groups in total. The zero-order valence-electron chi connectivity index (χ0n) is 49.8. The zero-order valence-corrected chi connectivity index (χ0v) is 49.8. The fraction of sp³-hybridized carbons (Fsp3) is 0.882. The Morgan fingerprint density at radius 1 is 0.378 bits per heavy atom. The van der Waals surface area contributed by atoms with Gasteiger partial charge in [0, 0.05) is 12.8 Å². The smallest absolute Gasteiger partial charge is 0.305 e. The summed E-state index contributed by atoms with van der Waals surface area (Å²) in [7, 11) is 0. The molecule has 6 nitrogen and oxygen atoms in total. The van der Waals surface area contributed by atoms with Crippen molar-refractivity contribution >= 4 is 11.9 Å². The van der Waals surface area contributed by atoms with Gasteiger partial charge in [-0.05, 0) is 83.5 Å². The summed E-state index contributed by atoms with van der Waals surface area (Å²) in [4.78, 5) is 24.6. The maximum atomic E-state index is 12.5. The van der Waals surface area contributed by atoms with Gasteiger partial charge in [-0.3, -0.25) is 9.59 Å². The van der Waals surface area contributed by atoms with Crippen molar-refractivity contribution < 1.29 is 24.5 Å². The van der Waals surface area contributed by atoms with Crippen molar-refractivity contribution in [3.63, 3.8) is 0 Å². The molecule has 0 aromatic heterocycles. The molecule has 2 unspecified atom stereocenters. The summed E-state index contributed by atoms with van der Waals surface area (Å²) >= 11 is 0. The van der Waals surface area contributed by atoms with Crippen LogP contribution in [0.4, 0.5) is 0 Å². The van der Waals surface area contributed by atoms with Crippen LogP contribution in [0.5, 0.6) is 0 Å². The molecule has 0 fully saturated rings. The van der Waals surface area contributed by atoms with Crippen molar-refractivity contribution in [1.29, 1.82) is 0 Å². The summed E-state index contributed by atoms with van der Waals surface area (Å²) in [5, 5.41) is 23.3. The van der Waals surface area contributed by atoms with Crippen LogP contribution in [-0.2, 0) is 14.3 Å². The minimum Gasteiger partial charge on any atom is -0.466 e. The molecule has 0 bridgehead atoms. The summed E-state index contributed by atoms with van der Waals surface area (Å²) < 4.78 is 5.49. The third-order valence-corrected chi connectivity index (χ3v) is 15.4. The summed E-state index contributed by atoms with van der Waals surface area (Å²) in [6.07, 6.45) is 80.3. The molecular weight excluding hydrogens is 911 g/mol. The lowest BCUT2D eigenvalue weighted by Crippen LogP contribution is -2.45. The number of ether oxygens (including phenoxy) is 1. The van der Waals surface area contributed by atoms with Gasteiger partial charge in [0.2, 0.25) is 5.91 Å². The summed E-state index contributed by atoms with van der Waals surface area (Å²) in [6.45, 7) is 4.95. The molecule has 0 aromatic carbocycles. The molecule has 0 saturated heterocycles. The average molecular weight is 1040 g/mol. The van der Waals surface area contributed by atoms with Crippen molar-refractivity contribution in [3.8, 4) is 0 Å². The van der Waals surface area contributed by atoms with E-state index in [0.717, 1.165) is 51.4 Å². The van der Waals surface area contributed by atoms with Gasteiger partial charge in [0.1, 0.15) is 0 Å². The van der Waals surface area contributed by atoms with Crippen LogP contribution in [0.3, 0.4) is 0 Å². The van der Waals surface area contributed by atoms with E-state index in [1.165, 1.54) is 276 Å². The molecule has 0 aromatic rings. The van der Waals surface area contributed by atoms with Gasteiger partial charge in [0.25, 0.3) is 0 Å². The highest BCUT2D eigenvalue weighted by Gasteiger charge is 2.20. The summed E-state index contributed by atoms with van der Waals surface area (Å²) in [5.41, 5.74) is 0. The van der Waals surface area contributed by atoms with Crippen LogP contribution in [0, 0.1) is 0 Å². The van der Waals surface area contributed by atoms with Crippen molar-refractivity contribution in [3.05, 3.63) is 36.5 Å². The molecule has 6 heteroatoms. The summed E-state index contributed by atoms with van der Waals surface area (Å²) in [6, 6.07) is -0.542. The highest BCUT2D eigenvalue weighted by Crippen LogP contribution is 2.18. The number of aliphatic hydroxyl groups excluding tert-OH is 2. The summed E-state index contributed by atoms with van der Waals surface area (Å²) in [5.74, 6) is -0.0325. The number of amides is 1. The van der Waals surface area contributed by atoms with E-state index in [9.17, 15) is 19.8 Å². The average Bonchev–Trinajstić information content (AvgIpc) is 3.40. The molecular formula is C68H129NO5. The molecule has 0 heterocycles. The zero-order chi connectivity index (χ0) is 53.6. The predicted molar refractivity (Wildman–Crippen MR) is 324 cm³/mol. The van der Waals surface area contributed by atoms with E-state index in [-0.39, 0.29) is 18.5 Å². The van der Waals surface area contributed by atoms with E-state index in [1.54, 1.807) is 0 Å². The Morgan fingerprint density at radius 3 is 1.05 bits per heavy atom. The van der Waals surface area contributed by atoms with Gasteiger partial charge in [-0.15, -0.1) is 0 Å². The monoisotopic (exact) mass is 1040 g/mol. The first-order valence-electron chi connectivity index (χ1n) is 33.2. The number of hydrogen-bond donors (Lipinski definition) is 3. The number of aliphatic hydroxyl groups is 2. The maximum Gasteiger partial charge on any atom is 0.305 e. The van der Waals surface area contributed by atoms with Crippen molar-refractivity contribution in [2.24, 2.45) is 0 Å². The first kappa shape index (κ1) is 72.1. The van der Waals surface area contributed by atoms with Crippen molar-refractivity contribution in [2.75, 3.05) is 13.2 Å². The first-order valence-corrected chi connectivity index (χ1v) is 33.2. The lowest BCUT2D eigenvalue weighted by atomic mass is 10.0. The standard InChI is InChI=1S/C68H129NO5/c1-3-5-7-9-11-13-15-17-19-34-38-42-46-50-54-58-62-68(73)74-63-59-55-51-47-43-39-35-32-30-28-26-24-22-20-21-23-25-27-29-31-33-37-41-45-49-53-57-61-67(72)69-65(64-70)66(71)60-56-52-48-44-40-36-18-16-14-12-10-8-6-4-2/h13,15,19-21,34,65-66,70-71H,3-12,14,16-18,22-33,35-64H2,1-2H3,(H,69,72)/b15-13-,21-20-,34-19-. The Bertz CT molecular complexity index is 1200. The molecule has 1 amide bonds. The second-order valence-electron chi connectivity index (χ2n) is 22.8. The molecule has 0 aliphatic heterocycles. The second kappa shape index (κ2) is 63.6. The molecule has 0 rings (SSSR count). The normalized spacial score (nSPS) is 12.8. The number of unbranched alkanes of at least 4 members (excludes halogenated alkanes) is 45. The van der Waals surface area contributed by atoms with Crippen molar-refractivity contribution in [2.45, 2.75) is 373 Å². The Balaban J connectivity index is 3.38. The number of nitrogens with one attached hydrogen (secondary N) is 1. The Morgan fingerprint density at radius 2 is 0.676 bits per heavy atom. The SMILES string of the molecule is CCCCCC/C=C\C/C=C\CCCCCCCC(=O)OCCCCCCCCCCCCCC/C=C\CCCCCCCCCCCCCC(=O)NC(CO)C(O)CCCCCCCCCCCCCCCC. The van der Waals surface area contributed by atoms with Crippen LogP contribution in [0.1, 0.15) is 361 Å². The van der Waals surface area contributed by atoms with Gasteiger partial charge in [0.15, 0.2) is 0 Å². The van der Waals surface area contributed by atoms with E-state index in [0.29, 0.717) is 25.9 Å². The highest BCUT2D eigenvalue weighted by molar-refractivity contribution is 5.76. The van der Waals surface area contributed by atoms with Crippen LogP contribution < -0.4 is 5.32 Å². The van der Waals surface area contributed by atoms with E-state index >= 15 is 0 Å². The van der Waals surface area contributed by atoms with E-state index in [4.69, 9.17) is 4.74 Å². The number of carbonyl (C=O) groups is 2. The molecule has 0 saturated carbocycles. The highest BCUT2D eigenvalue weighted by atomic mass is 16.5. The maximum absolute atomic E-state index is 12.5. The Hall–Kier alpha value is -1.92. The molecule has 0 aliphatic carbocycles. The third kappa shape index (κ3) is 59.3. The number of hydrogen-bond acceptors (Lipinski definition) is 5. The Labute approximate surface area is 462 Å². The topological polar surface area (TPSA) is 95.9 Å². The molecule has 436 valence electrons. The van der Waals surface area contributed by atoms with Crippen LogP contribution in [0.15, 0.2) is 36.5 Å². The van der Waals surface area contributed by atoms with E-state index < -0.39 is 12.1 Å². The number of rotatable bonds is 62. The van der Waals surface area contributed by atoms with Gasteiger partial charge in [-0.1, -0.05) is 301 Å². The lowest BCUT2D eigenvalue weighted by molar-refractivity contribution is -0.143. The van der Waals surface area contributed by atoms with Crippen molar-refractivity contribution in [1.82, 2.24) is 5.32 Å². The van der Waals surface area contributed by atoms with Gasteiger partial charge in [-0.2, -0.15) is 0 Å². The van der Waals surface area contributed by atoms with Gasteiger partial charge in [-0.25, -0.2) is 0 Å². The first-order chi connectivity index (χ1) is 36.5. The van der Waals surface area contributed by atoms with Gasteiger partial charge in [0.05, 0.1) is 25.4 Å². The van der Waals surface area contributed by atoms with Gasteiger partial charge < -0.3 is 20.3 Å². The number of esters is 1. The fourth-order valence-electron chi connectivity index (χ4n) is 10.3. The molecule has 0 spiro atoms. The lowest BCUT2D eigenvalue weighted by Gasteiger charge is -2.22. The Kier molecular flexibility index (Phi) is 62.0. The number of carbonyl (C=O) groups excluding carboxylic acids is 2. The number of allylic oxidation sites excluding steroid dienone is 6.